The van der Waals surface area contributed by atoms with Gasteiger partial charge in [0, 0.05) is 16.5 Å². The van der Waals surface area contributed by atoms with Crippen molar-refractivity contribution in [3.05, 3.63) is 56.0 Å². The number of rotatable bonds is 3. The van der Waals surface area contributed by atoms with Crippen LogP contribution in [-0.4, -0.2) is 12.2 Å². The average Bonchev–Trinajstić information content (AvgIpc) is 2.34. The van der Waals surface area contributed by atoms with E-state index < -0.39 is 0 Å². The highest BCUT2D eigenvalue weighted by Gasteiger charge is 2.10. The third-order valence-electron chi connectivity index (χ3n) is 2.72. The minimum Gasteiger partial charge on any atom is -0.508 e. The molecule has 19 heavy (non-hydrogen) atoms. The summed E-state index contributed by atoms with van der Waals surface area (Å²) in [5.41, 5.74) is 1.83. The molecule has 0 heterocycles. The van der Waals surface area contributed by atoms with E-state index in [1.165, 1.54) is 12.1 Å². The van der Waals surface area contributed by atoms with E-state index in [-0.39, 0.29) is 5.75 Å². The van der Waals surface area contributed by atoms with E-state index in [0.717, 1.165) is 21.3 Å². The number of benzene rings is 2. The summed E-state index contributed by atoms with van der Waals surface area (Å²) >= 11 is 15.6. The molecule has 0 amide bonds. The number of aromatic hydroxyl groups is 1. The molecule has 0 atom stereocenters. The number of hydrogen-bond donors (Lipinski definition) is 1. The third-order valence-corrected chi connectivity index (χ3v) is 4.02. The first-order valence-electron chi connectivity index (χ1n) is 5.50. The number of hydrogen-bond acceptors (Lipinski definition) is 2. The Morgan fingerprint density at radius 1 is 1.16 bits per heavy atom. The van der Waals surface area contributed by atoms with E-state index >= 15 is 0 Å². The lowest BCUT2D eigenvalue weighted by atomic mass is 10.0. The van der Waals surface area contributed by atoms with Crippen LogP contribution in [0.1, 0.15) is 11.1 Å². The Bertz CT molecular complexity index is 591. The summed E-state index contributed by atoms with van der Waals surface area (Å²) in [7, 11) is 1.62. The maximum atomic E-state index is 9.40. The third kappa shape index (κ3) is 3.35. The van der Waals surface area contributed by atoms with Gasteiger partial charge < -0.3 is 9.84 Å². The van der Waals surface area contributed by atoms with E-state index in [1.54, 1.807) is 7.11 Å². The number of ether oxygens (including phenoxy) is 1. The zero-order valence-electron chi connectivity index (χ0n) is 10.1. The quantitative estimate of drug-likeness (QED) is 0.827. The van der Waals surface area contributed by atoms with Gasteiger partial charge in [0.1, 0.15) is 11.5 Å². The van der Waals surface area contributed by atoms with Crippen LogP contribution in [0.25, 0.3) is 0 Å². The van der Waals surface area contributed by atoms with E-state index in [2.05, 4.69) is 15.9 Å². The van der Waals surface area contributed by atoms with Gasteiger partial charge in [0.2, 0.25) is 0 Å². The first kappa shape index (κ1) is 14.5. The Hall–Kier alpha value is -0.900. The van der Waals surface area contributed by atoms with Crippen molar-refractivity contribution in [2.75, 3.05) is 7.11 Å². The summed E-state index contributed by atoms with van der Waals surface area (Å²) in [6, 6.07) is 8.76. The Kier molecular flexibility index (Phi) is 4.61. The van der Waals surface area contributed by atoms with Crippen LogP contribution in [-0.2, 0) is 6.42 Å². The second-order valence-corrected chi connectivity index (χ2v) is 5.70. The Morgan fingerprint density at radius 2 is 1.79 bits per heavy atom. The molecule has 2 aromatic carbocycles. The first-order valence-corrected chi connectivity index (χ1v) is 7.05. The molecule has 0 aliphatic heterocycles. The Balaban J connectivity index is 2.34. The Morgan fingerprint density at radius 3 is 2.32 bits per heavy atom. The minimum absolute atomic E-state index is 0.0645. The molecular weight excluding hydrogens is 351 g/mol. The molecule has 5 heteroatoms. The maximum Gasteiger partial charge on any atom is 0.133 e. The first-order chi connectivity index (χ1) is 9.01. The SMILES string of the molecule is COc1ccc(Cc2c(Cl)cc(O)cc2Cl)cc1Br. The van der Waals surface area contributed by atoms with Crippen molar-refractivity contribution in [3.8, 4) is 11.5 Å². The van der Waals surface area contributed by atoms with E-state index in [1.807, 2.05) is 18.2 Å². The van der Waals surface area contributed by atoms with Crippen molar-refractivity contribution >= 4 is 39.1 Å². The predicted molar refractivity (Wildman–Crippen MR) is 81.6 cm³/mol. The second-order valence-electron chi connectivity index (χ2n) is 4.03. The summed E-state index contributed by atoms with van der Waals surface area (Å²) in [6.07, 6.45) is 0.584. The molecule has 0 aromatic heterocycles. The van der Waals surface area contributed by atoms with Crippen LogP contribution >= 0.6 is 39.1 Å². The van der Waals surface area contributed by atoms with Crippen molar-refractivity contribution in [2.24, 2.45) is 0 Å². The van der Waals surface area contributed by atoms with Gasteiger partial charge in [0.25, 0.3) is 0 Å². The molecule has 0 aliphatic carbocycles. The summed E-state index contributed by atoms with van der Waals surface area (Å²) in [5, 5.41) is 10.3. The van der Waals surface area contributed by atoms with Crippen LogP contribution in [0.2, 0.25) is 10.0 Å². The number of halogens is 3. The molecule has 0 saturated heterocycles. The van der Waals surface area contributed by atoms with Crippen molar-refractivity contribution in [2.45, 2.75) is 6.42 Å². The molecule has 2 aromatic rings. The van der Waals surface area contributed by atoms with Crippen molar-refractivity contribution in [1.82, 2.24) is 0 Å². The minimum atomic E-state index is 0.0645. The summed E-state index contributed by atoms with van der Waals surface area (Å²) in [5.74, 6) is 0.835. The second kappa shape index (κ2) is 6.04. The molecule has 2 nitrogen and oxygen atoms in total. The molecule has 100 valence electrons. The maximum absolute atomic E-state index is 9.40. The van der Waals surface area contributed by atoms with Gasteiger partial charge in [0.15, 0.2) is 0 Å². The van der Waals surface area contributed by atoms with Gasteiger partial charge in [-0.2, -0.15) is 0 Å². The average molecular weight is 362 g/mol. The molecule has 0 spiro atoms. The number of phenols is 1. The van der Waals surface area contributed by atoms with Crippen LogP contribution in [0.3, 0.4) is 0 Å². The molecule has 2 rings (SSSR count). The van der Waals surface area contributed by atoms with Gasteiger partial charge in [-0.25, -0.2) is 0 Å². The lowest BCUT2D eigenvalue weighted by Crippen LogP contribution is -1.93. The van der Waals surface area contributed by atoms with Gasteiger partial charge in [0.05, 0.1) is 11.6 Å². The molecule has 0 aliphatic rings. The molecule has 0 fully saturated rings. The fraction of sp³-hybridized carbons (Fsp3) is 0.143. The van der Waals surface area contributed by atoms with Gasteiger partial charge in [-0.15, -0.1) is 0 Å². The van der Waals surface area contributed by atoms with Crippen LogP contribution in [0.15, 0.2) is 34.8 Å². The highest BCUT2D eigenvalue weighted by molar-refractivity contribution is 9.10. The molecule has 0 bridgehead atoms. The largest absolute Gasteiger partial charge is 0.508 e. The lowest BCUT2D eigenvalue weighted by Gasteiger charge is -2.10. The smallest absolute Gasteiger partial charge is 0.133 e. The van der Waals surface area contributed by atoms with Crippen LogP contribution in [0.5, 0.6) is 11.5 Å². The summed E-state index contributed by atoms with van der Waals surface area (Å²) in [6.45, 7) is 0. The predicted octanol–water partition coefficient (Wildman–Crippen LogP) is 5.06. The van der Waals surface area contributed by atoms with E-state index in [0.29, 0.717) is 16.5 Å². The van der Waals surface area contributed by atoms with Gasteiger partial charge in [-0.1, -0.05) is 29.3 Å². The highest BCUT2D eigenvalue weighted by atomic mass is 79.9. The van der Waals surface area contributed by atoms with Gasteiger partial charge in [-0.3, -0.25) is 0 Å². The topological polar surface area (TPSA) is 29.5 Å². The van der Waals surface area contributed by atoms with Crippen LogP contribution in [0, 0.1) is 0 Å². The summed E-state index contributed by atoms with van der Waals surface area (Å²) < 4.78 is 6.05. The van der Waals surface area contributed by atoms with Crippen molar-refractivity contribution in [3.63, 3.8) is 0 Å². The van der Waals surface area contributed by atoms with Gasteiger partial charge in [-0.05, 0) is 51.3 Å². The van der Waals surface area contributed by atoms with Crippen LogP contribution in [0.4, 0.5) is 0 Å². The van der Waals surface area contributed by atoms with Crippen molar-refractivity contribution in [1.29, 1.82) is 0 Å². The fourth-order valence-electron chi connectivity index (χ4n) is 1.78. The zero-order chi connectivity index (χ0) is 14.0. The normalized spacial score (nSPS) is 10.5. The molecule has 0 saturated carbocycles. The summed E-state index contributed by atoms with van der Waals surface area (Å²) in [4.78, 5) is 0. The van der Waals surface area contributed by atoms with E-state index in [9.17, 15) is 5.11 Å². The lowest BCUT2D eigenvalue weighted by molar-refractivity contribution is 0.412. The molecule has 0 radical (unpaired) electrons. The zero-order valence-corrected chi connectivity index (χ0v) is 13.2. The highest BCUT2D eigenvalue weighted by Crippen LogP contribution is 2.33. The number of phenolic OH excluding ortho intramolecular Hbond substituents is 1. The van der Waals surface area contributed by atoms with Crippen molar-refractivity contribution < 1.29 is 9.84 Å². The van der Waals surface area contributed by atoms with Gasteiger partial charge >= 0.3 is 0 Å². The monoisotopic (exact) mass is 360 g/mol. The van der Waals surface area contributed by atoms with E-state index in [4.69, 9.17) is 27.9 Å². The number of methoxy groups -OCH3 is 1. The molecule has 1 N–H and O–H groups in total. The van der Waals surface area contributed by atoms with Crippen LogP contribution < -0.4 is 4.74 Å². The molecule has 0 unspecified atom stereocenters. The fourth-order valence-corrected chi connectivity index (χ4v) is 2.98. The molecular formula is C14H11BrCl2O2. The standard InChI is InChI=1S/C14H11BrCl2O2/c1-19-14-3-2-8(5-11(14)15)4-10-12(16)6-9(18)7-13(10)17/h2-3,5-7,18H,4H2,1H3. The Labute approximate surface area is 130 Å².